The third-order valence-electron chi connectivity index (χ3n) is 9.55. The van der Waals surface area contributed by atoms with Crippen molar-refractivity contribution in [3.05, 3.63) is 0 Å². The van der Waals surface area contributed by atoms with E-state index in [4.69, 9.17) is 9.47 Å². The fourth-order valence-corrected chi connectivity index (χ4v) is 8.38. The van der Waals surface area contributed by atoms with Gasteiger partial charge >= 0.3 is 11.9 Å². The fourth-order valence-electron chi connectivity index (χ4n) is 8.38. The van der Waals surface area contributed by atoms with Crippen molar-refractivity contribution in [1.29, 1.82) is 0 Å². The van der Waals surface area contributed by atoms with Gasteiger partial charge in [0.2, 0.25) is 0 Å². The van der Waals surface area contributed by atoms with Gasteiger partial charge in [-0.05, 0) is 86.9 Å². The summed E-state index contributed by atoms with van der Waals surface area (Å²) in [5.74, 6) is 0.685. The topological polar surface area (TPSA) is 72.8 Å². The maximum Gasteiger partial charge on any atom is 0.311 e. The number of esters is 2. The van der Waals surface area contributed by atoms with E-state index in [1.54, 1.807) is 0 Å². The summed E-state index contributed by atoms with van der Waals surface area (Å²) >= 11 is 0. The molecule has 5 rings (SSSR count). The first kappa shape index (κ1) is 20.2. The zero-order chi connectivity index (χ0) is 20.4. The van der Waals surface area contributed by atoms with Crippen LogP contribution in [0.3, 0.4) is 0 Å². The SMILES string of the molecule is COC(=O)C1(C)CCCC2(C)C3CC4CCC3(CCC12)CC4(O)COC(C)=O. The van der Waals surface area contributed by atoms with E-state index in [-0.39, 0.29) is 35.3 Å². The lowest BCUT2D eigenvalue weighted by Crippen LogP contribution is -2.66. The summed E-state index contributed by atoms with van der Waals surface area (Å²) in [7, 11) is 1.52. The maximum atomic E-state index is 12.7. The number of hydrogen-bond acceptors (Lipinski definition) is 5. The molecule has 0 aromatic carbocycles. The normalized spacial score (nSPS) is 49.7. The Bertz CT molecular complexity index is 676. The third-order valence-corrected chi connectivity index (χ3v) is 9.55. The summed E-state index contributed by atoms with van der Waals surface area (Å²) in [6, 6.07) is 0. The Morgan fingerprint density at radius 2 is 1.79 bits per heavy atom. The number of ether oxygens (including phenoxy) is 2. The van der Waals surface area contributed by atoms with Gasteiger partial charge < -0.3 is 14.6 Å². The summed E-state index contributed by atoms with van der Waals surface area (Å²) in [5.41, 5.74) is -1.05. The van der Waals surface area contributed by atoms with Gasteiger partial charge in [0.05, 0.1) is 12.5 Å². The Balaban J connectivity index is 1.65. The summed E-state index contributed by atoms with van der Waals surface area (Å²) in [6.07, 6.45) is 9.11. The minimum absolute atomic E-state index is 0.0493. The van der Waals surface area contributed by atoms with Crippen molar-refractivity contribution in [2.24, 2.45) is 34.0 Å². The van der Waals surface area contributed by atoms with E-state index in [9.17, 15) is 14.7 Å². The Hall–Kier alpha value is -1.10. The molecule has 0 amide bonds. The van der Waals surface area contributed by atoms with Crippen LogP contribution in [-0.2, 0) is 19.1 Å². The number of rotatable bonds is 3. The molecule has 0 radical (unpaired) electrons. The number of aliphatic hydroxyl groups is 1. The van der Waals surface area contributed by atoms with E-state index in [0.29, 0.717) is 11.8 Å². The van der Waals surface area contributed by atoms with Crippen molar-refractivity contribution >= 4 is 11.9 Å². The van der Waals surface area contributed by atoms with Crippen molar-refractivity contribution in [2.45, 2.75) is 84.2 Å². The molecule has 7 unspecified atom stereocenters. The van der Waals surface area contributed by atoms with Gasteiger partial charge in [0.1, 0.15) is 12.2 Å². The molecular formula is C23H36O5. The van der Waals surface area contributed by atoms with Crippen LogP contribution in [0.1, 0.15) is 78.6 Å². The van der Waals surface area contributed by atoms with E-state index < -0.39 is 11.0 Å². The summed E-state index contributed by atoms with van der Waals surface area (Å²) < 4.78 is 10.5. The van der Waals surface area contributed by atoms with Crippen LogP contribution in [-0.4, -0.2) is 36.4 Å². The average Bonchev–Trinajstić information content (AvgIpc) is 2.65. The van der Waals surface area contributed by atoms with E-state index in [1.165, 1.54) is 14.0 Å². The number of carbonyl (C=O) groups excluding carboxylic acids is 2. The van der Waals surface area contributed by atoms with E-state index in [0.717, 1.165) is 57.8 Å². The molecule has 5 heteroatoms. The highest BCUT2D eigenvalue weighted by molar-refractivity contribution is 5.77. The first-order valence-corrected chi connectivity index (χ1v) is 11.0. The predicted molar refractivity (Wildman–Crippen MR) is 104 cm³/mol. The highest BCUT2D eigenvalue weighted by atomic mass is 16.5. The molecule has 5 aliphatic rings. The van der Waals surface area contributed by atoms with Crippen LogP contribution >= 0.6 is 0 Å². The predicted octanol–water partition coefficient (Wildman–Crippen LogP) is 3.87. The quantitative estimate of drug-likeness (QED) is 0.738. The highest BCUT2D eigenvalue weighted by Crippen LogP contribution is 2.72. The van der Waals surface area contributed by atoms with Gasteiger partial charge in [-0.15, -0.1) is 0 Å². The first-order valence-electron chi connectivity index (χ1n) is 11.0. The van der Waals surface area contributed by atoms with Crippen LogP contribution in [0.15, 0.2) is 0 Å². The Labute approximate surface area is 168 Å². The second kappa shape index (κ2) is 6.45. The molecular weight excluding hydrogens is 356 g/mol. The van der Waals surface area contributed by atoms with Crippen LogP contribution in [0.4, 0.5) is 0 Å². The monoisotopic (exact) mass is 392 g/mol. The van der Waals surface area contributed by atoms with E-state index in [2.05, 4.69) is 13.8 Å². The first-order chi connectivity index (χ1) is 13.1. The van der Waals surface area contributed by atoms with Gasteiger partial charge in [-0.1, -0.05) is 13.3 Å². The van der Waals surface area contributed by atoms with Gasteiger partial charge in [-0.3, -0.25) is 9.59 Å². The minimum atomic E-state index is -0.885. The Morgan fingerprint density at radius 3 is 2.46 bits per heavy atom. The molecule has 158 valence electrons. The molecule has 0 saturated heterocycles. The number of hydrogen-bond donors (Lipinski definition) is 1. The number of carbonyl (C=O) groups is 2. The van der Waals surface area contributed by atoms with Gasteiger partial charge in [-0.2, -0.15) is 0 Å². The molecule has 1 spiro atoms. The molecule has 7 atom stereocenters. The fraction of sp³-hybridized carbons (Fsp3) is 0.913. The zero-order valence-electron chi connectivity index (χ0n) is 17.9. The minimum Gasteiger partial charge on any atom is -0.469 e. The summed E-state index contributed by atoms with van der Waals surface area (Å²) in [5, 5.41) is 11.4. The van der Waals surface area contributed by atoms with Gasteiger partial charge in [0, 0.05) is 6.92 Å². The molecule has 0 heterocycles. The summed E-state index contributed by atoms with van der Waals surface area (Å²) in [6.45, 7) is 6.07. The molecule has 0 aliphatic heterocycles. The Morgan fingerprint density at radius 1 is 1.07 bits per heavy atom. The number of fused-ring (bicyclic) bond motifs is 3. The van der Waals surface area contributed by atoms with Crippen molar-refractivity contribution in [3.8, 4) is 0 Å². The average molecular weight is 393 g/mol. The van der Waals surface area contributed by atoms with Crippen LogP contribution in [0, 0.1) is 34.0 Å². The lowest BCUT2D eigenvalue weighted by Gasteiger charge is -2.69. The molecule has 28 heavy (non-hydrogen) atoms. The molecule has 5 saturated carbocycles. The van der Waals surface area contributed by atoms with Crippen molar-refractivity contribution in [2.75, 3.05) is 13.7 Å². The standard InChI is InChI=1S/C23H36O5/c1-15(24)28-14-23(26)13-22-10-6-16(23)12-18(22)20(2)8-5-9-21(3,19(25)27-4)17(20)7-11-22/h16-18,26H,5-14H2,1-4H3. The second-order valence-electron chi connectivity index (χ2n) is 10.8. The molecule has 1 N–H and O–H groups in total. The van der Waals surface area contributed by atoms with Gasteiger partial charge in [0.15, 0.2) is 0 Å². The van der Waals surface area contributed by atoms with Crippen LogP contribution in [0.5, 0.6) is 0 Å². The third kappa shape index (κ3) is 2.68. The van der Waals surface area contributed by atoms with Gasteiger partial charge in [-0.25, -0.2) is 0 Å². The van der Waals surface area contributed by atoms with Crippen LogP contribution in [0.2, 0.25) is 0 Å². The molecule has 5 nitrogen and oxygen atoms in total. The lowest BCUT2D eigenvalue weighted by atomic mass is 9.35. The zero-order valence-corrected chi connectivity index (χ0v) is 17.9. The van der Waals surface area contributed by atoms with Crippen LogP contribution < -0.4 is 0 Å². The molecule has 2 bridgehead atoms. The van der Waals surface area contributed by atoms with Crippen molar-refractivity contribution in [1.82, 2.24) is 0 Å². The largest absolute Gasteiger partial charge is 0.469 e. The second-order valence-corrected chi connectivity index (χ2v) is 10.8. The molecule has 0 aromatic rings. The van der Waals surface area contributed by atoms with Crippen molar-refractivity contribution in [3.63, 3.8) is 0 Å². The maximum absolute atomic E-state index is 12.7. The molecule has 5 fully saturated rings. The molecule has 5 aliphatic carbocycles. The molecule has 0 aromatic heterocycles. The number of methoxy groups -OCH3 is 1. The summed E-state index contributed by atoms with van der Waals surface area (Å²) in [4.78, 5) is 24.1. The van der Waals surface area contributed by atoms with Crippen molar-refractivity contribution < 1.29 is 24.2 Å². The smallest absolute Gasteiger partial charge is 0.311 e. The van der Waals surface area contributed by atoms with Crippen LogP contribution in [0.25, 0.3) is 0 Å². The van der Waals surface area contributed by atoms with E-state index >= 15 is 0 Å². The highest BCUT2D eigenvalue weighted by Gasteiger charge is 2.68. The lowest BCUT2D eigenvalue weighted by molar-refractivity contribution is -0.247. The van der Waals surface area contributed by atoms with Gasteiger partial charge in [0.25, 0.3) is 0 Å². The Kier molecular flexibility index (Phi) is 4.65. The van der Waals surface area contributed by atoms with E-state index in [1.807, 2.05) is 0 Å².